The standard InChI is InChI=1S/C11H13N5O4S/c1-6-4-9(5-10(7(6)2)16(17)18)21(19,20)15-11-12-8(3)13-14-11/h4-5H,1-3H3,(H2,12,13,14,15). The molecule has 0 aliphatic carbocycles. The minimum atomic E-state index is -3.99. The van der Waals surface area contributed by atoms with Gasteiger partial charge in [0.05, 0.1) is 9.82 Å². The predicted octanol–water partition coefficient (Wildman–Crippen LogP) is 1.44. The lowest BCUT2D eigenvalue weighted by Crippen LogP contribution is -2.15. The van der Waals surface area contributed by atoms with Gasteiger partial charge in [0.25, 0.3) is 21.7 Å². The van der Waals surface area contributed by atoms with Crippen LogP contribution in [0, 0.1) is 30.9 Å². The van der Waals surface area contributed by atoms with Crippen LogP contribution in [0.3, 0.4) is 0 Å². The number of hydrogen-bond acceptors (Lipinski definition) is 6. The van der Waals surface area contributed by atoms with Gasteiger partial charge in [-0.1, -0.05) is 0 Å². The third-order valence-corrected chi connectivity index (χ3v) is 4.25. The van der Waals surface area contributed by atoms with Crippen LogP contribution in [-0.4, -0.2) is 28.5 Å². The van der Waals surface area contributed by atoms with Crippen LogP contribution in [0.1, 0.15) is 17.0 Å². The molecule has 0 fully saturated rings. The van der Waals surface area contributed by atoms with Crippen LogP contribution in [0.2, 0.25) is 0 Å². The van der Waals surface area contributed by atoms with Crippen molar-refractivity contribution in [2.75, 3.05) is 4.72 Å². The van der Waals surface area contributed by atoms with E-state index in [4.69, 9.17) is 0 Å². The summed E-state index contributed by atoms with van der Waals surface area (Å²) >= 11 is 0. The van der Waals surface area contributed by atoms with Crippen LogP contribution < -0.4 is 4.72 Å². The number of H-pyrrole nitrogens is 1. The first-order valence-corrected chi connectivity index (χ1v) is 7.36. The van der Waals surface area contributed by atoms with Gasteiger partial charge in [0.2, 0.25) is 0 Å². The molecular formula is C11H13N5O4S. The van der Waals surface area contributed by atoms with Gasteiger partial charge in [-0.2, -0.15) is 4.98 Å². The lowest BCUT2D eigenvalue weighted by molar-refractivity contribution is -0.385. The maximum absolute atomic E-state index is 12.2. The van der Waals surface area contributed by atoms with Crippen molar-refractivity contribution in [2.24, 2.45) is 0 Å². The molecule has 0 bridgehead atoms. The molecular weight excluding hydrogens is 298 g/mol. The molecule has 1 aromatic carbocycles. The molecule has 0 radical (unpaired) electrons. The number of benzene rings is 1. The molecule has 21 heavy (non-hydrogen) atoms. The van der Waals surface area contributed by atoms with E-state index >= 15 is 0 Å². The average Bonchev–Trinajstić information content (AvgIpc) is 2.76. The Morgan fingerprint density at radius 1 is 1.29 bits per heavy atom. The topological polar surface area (TPSA) is 131 Å². The number of hydrogen-bond donors (Lipinski definition) is 2. The molecule has 0 spiro atoms. The minimum absolute atomic E-state index is 0.117. The highest BCUT2D eigenvalue weighted by Crippen LogP contribution is 2.26. The van der Waals surface area contributed by atoms with Crippen molar-refractivity contribution in [3.05, 3.63) is 39.2 Å². The second-order valence-electron chi connectivity index (χ2n) is 4.49. The Morgan fingerprint density at radius 2 is 1.95 bits per heavy atom. The van der Waals surface area contributed by atoms with Gasteiger partial charge < -0.3 is 0 Å². The zero-order valence-corrected chi connectivity index (χ0v) is 12.4. The first kappa shape index (κ1) is 14.9. The summed E-state index contributed by atoms with van der Waals surface area (Å²) < 4.78 is 26.6. The van der Waals surface area contributed by atoms with Gasteiger partial charge in [-0.25, -0.2) is 13.1 Å². The first-order chi connectivity index (χ1) is 9.70. The van der Waals surface area contributed by atoms with E-state index in [2.05, 4.69) is 19.9 Å². The van der Waals surface area contributed by atoms with Gasteiger partial charge in [-0.15, -0.1) is 5.10 Å². The normalized spacial score (nSPS) is 11.4. The second-order valence-corrected chi connectivity index (χ2v) is 6.17. The summed E-state index contributed by atoms with van der Waals surface area (Å²) in [7, 11) is -3.99. The Hall–Kier alpha value is -2.49. The Balaban J connectivity index is 2.47. The Labute approximate surface area is 120 Å². The number of aromatic amines is 1. The summed E-state index contributed by atoms with van der Waals surface area (Å²) in [6, 6.07) is 2.38. The molecule has 112 valence electrons. The minimum Gasteiger partial charge on any atom is -0.261 e. The molecule has 2 N–H and O–H groups in total. The monoisotopic (exact) mass is 311 g/mol. The Morgan fingerprint density at radius 3 is 2.48 bits per heavy atom. The summed E-state index contributed by atoms with van der Waals surface area (Å²) in [5.74, 6) is 0.326. The third-order valence-electron chi connectivity index (χ3n) is 2.94. The fourth-order valence-corrected chi connectivity index (χ4v) is 2.77. The van der Waals surface area contributed by atoms with Gasteiger partial charge in [-0.05, 0) is 32.4 Å². The van der Waals surface area contributed by atoms with Gasteiger partial charge in [-0.3, -0.25) is 15.2 Å². The molecule has 0 unspecified atom stereocenters. The van der Waals surface area contributed by atoms with E-state index < -0.39 is 14.9 Å². The van der Waals surface area contributed by atoms with Gasteiger partial charge in [0.15, 0.2) is 0 Å². The van der Waals surface area contributed by atoms with Crippen molar-refractivity contribution in [1.29, 1.82) is 0 Å². The van der Waals surface area contributed by atoms with Crippen LogP contribution in [-0.2, 0) is 10.0 Å². The van der Waals surface area contributed by atoms with Crippen molar-refractivity contribution < 1.29 is 13.3 Å². The van der Waals surface area contributed by atoms with Gasteiger partial charge >= 0.3 is 0 Å². The molecule has 9 nitrogen and oxygen atoms in total. The number of nitro benzene ring substituents is 1. The average molecular weight is 311 g/mol. The van der Waals surface area contributed by atoms with E-state index in [1.54, 1.807) is 20.8 Å². The van der Waals surface area contributed by atoms with Crippen LogP contribution in [0.25, 0.3) is 0 Å². The van der Waals surface area contributed by atoms with Crippen molar-refractivity contribution in [1.82, 2.24) is 15.2 Å². The lowest BCUT2D eigenvalue weighted by atomic mass is 10.1. The van der Waals surface area contributed by atoms with E-state index in [1.807, 2.05) is 0 Å². The molecule has 0 amide bonds. The maximum atomic E-state index is 12.2. The number of anilines is 1. The molecule has 1 heterocycles. The second kappa shape index (κ2) is 5.13. The molecule has 0 atom stereocenters. The highest BCUT2D eigenvalue weighted by atomic mass is 32.2. The Bertz CT molecular complexity index is 812. The molecule has 2 rings (SSSR count). The number of aryl methyl sites for hydroxylation is 2. The van der Waals surface area contributed by atoms with E-state index in [0.29, 0.717) is 17.0 Å². The molecule has 2 aromatic rings. The van der Waals surface area contributed by atoms with Gasteiger partial charge in [0, 0.05) is 11.6 Å². The summed E-state index contributed by atoms with van der Waals surface area (Å²) in [4.78, 5) is 14.0. The SMILES string of the molecule is Cc1nc(NS(=O)(=O)c2cc(C)c(C)c([N+](=O)[O-])c2)n[nH]1. The summed E-state index contributed by atoms with van der Waals surface area (Å²) in [5, 5.41) is 17.1. The van der Waals surface area contributed by atoms with E-state index in [9.17, 15) is 18.5 Å². The molecule has 10 heteroatoms. The third kappa shape index (κ3) is 2.99. The fraction of sp³-hybridized carbons (Fsp3) is 0.273. The summed E-state index contributed by atoms with van der Waals surface area (Å²) in [6.07, 6.45) is 0. The fourth-order valence-electron chi connectivity index (χ4n) is 1.72. The first-order valence-electron chi connectivity index (χ1n) is 5.88. The molecule has 1 aromatic heterocycles. The summed E-state index contributed by atoms with van der Waals surface area (Å²) in [5.41, 5.74) is 0.685. The van der Waals surface area contributed by atoms with Crippen molar-refractivity contribution in [3.8, 4) is 0 Å². The van der Waals surface area contributed by atoms with Crippen molar-refractivity contribution in [3.63, 3.8) is 0 Å². The van der Waals surface area contributed by atoms with Gasteiger partial charge in [0.1, 0.15) is 5.82 Å². The number of nitro groups is 1. The Kier molecular flexibility index (Phi) is 3.64. The van der Waals surface area contributed by atoms with Crippen molar-refractivity contribution in [2.45, 2.75) is 25.7 Å². The van der Waals surface area contributed by atoms with E-state index in [1.165, 1.54) is 6.07 Å². The molecule has 0 aliphatic heterocycles. The number of nitrogens with zero attached hydrogens (tertiary/aromatic N) is 3. The lowest BCUT2D eigenvalue weighted by Gasteiger charge is -2.08. The highest BCUT2D eigenvalue weighted by molar-refractivity contribution is 7.92. The van der Waals surface area contributed by atoms with Crippen LogP contribution in [0.15, 0.2) is 17.0 Å². The van der Waals surface area contributed by atoms with Crippen LogP contribution >= 0.6 is 0 Å². The zero-order chi connectivity index (χ0) is 15.8. The number of nitrogens with one attached hydrogen (secondary N) is 2. The highest BCUT2D eigenvalue weighted by Gasteiger charge is 2.22. The summed E-state index contributed by atoms with van der Waals surface area (Å²) in [6.45, 7) is 4.79. The van der Waals surface area contributed by atoms with E-state index in [-0.39, 0.29) is 16.5 Å². The quantitative estimate of drug-likeness (QED) is 0.648. The maximum Gasteiger partial charge on any atom is 0.273 e. The van der Waals surface area contributed by atoms with Crippen molar-refractivity contribution >= 4 is 21.7 Å². The number of sulfonamides is 1. The zero-order valence-electron chi connectivity index (χ0n) is 11.5. The largest absolute Gasteiger partial charge is 0.273 e. The number of aromatic nitrogens is 3. The molecule has 0 aliphatic rings. The van der Waals surface area contributed by atoms with Crippen LogP contribution in [0.4, 0.5) is 11.6 Å². The number of rotatable bonds is 4. The predicted molar refractivity (Wildman–Crippen MR) is 74.5 cm³/mol. The van der Waals surface area contributed by atoms with E-state index in [0.717, 1.165) is 6.07 Å². The smallest absolute Gasteiger partial charge is 0.261 e. The molecule has 0 saturated carbocycles. The van der Waals surface area contributed by atoms with Crippen LogP contribution in [0.5, 0.6) is 0 Å². The molecule has 0 saturated heterocycles.